The molecule has 5 N–H and O–H groups in total. The van der Waals surface area contributed by atoms with Gasteiger partial charge in [-0.15, -0.1) is 0 Å². The molecule has 1 fully saturated rings. The standard InChI is InChI=1S/C16H22ClFN6OS2/c17-10-5-15(26-24-16-22-9-23-27-16)11(18)6-12(10)20-3-1-2-4-21-13-7-19-8-14(13)25/h5-6,9,13-14,19-21,25H,1-4,7-8H2,(H,22,23,24)/t13-,14+/m1/s1. The zero-order valence-electron chi connectivity index (χ0n) is 14.5. The molecule has 0 spiro atoms. The third kappa shape index (κ3) is 6.16. The Morgan fingerprint density at radius 3 is 2.93 bits per heavy atom. The Morgan fingerprint density at radius 1 is 1.33 bits per heavy atom. The van der Waals surface area contributed by atoms with E-state index in [1.165, 1.54) is 23.9 Å². The van der Waals surface area contributed by atoms with Gasteiger partial charge in [0, 0.05) is 37.2 Å². The number of aliphatic hydroxyl groups excluding tert-OH is 1. The Hall–Kier alpha value is -1.17. The molecule has 2 heterocycles. The molecule has 2 atom stereocenters. The van der Waals surface area contributed by atoms with Gasteiger partial charge in [-0.2, -0.15) is 4.37 Å². The van der Waals surface area contributed by atoms with Crippen molar-refractivity contribution in [3.63, 3.8) is 0 Å². The largest absolute Gasteiger partial charge is 0.390 e. The van der Waals surface area contributed by atoms with Gasteiger partial charge in [0.2, 0.25) is 5.13 Å². The minimum Gasteiger partial charge on any atom is -0.390 e. The molecule has 1 aliphatic rings. The van der Waals surface area contributed by atoms with E-state index in [2.05, 4.69) is 30.0 Å². The minimum atomic E-state index is -0.353. The predicted molar refractivity (Wildman–Crippen MR) is 109 cm³/mol. The van der Waals surface area contributed by atoms with Crippen LogP contribution >= 0.6 is 35.1 Å². The first kappa shape index (κ1) is 20.6. The average molecular weight is 433 g/mol. The summed E-state index contributed by atoms with van der Waals surface area (Å²) >= 11 is 8.57. The summed E-state index contributed by atoms with van der Waals surface area (Å²) in [6, 6.07) is 3.12. The summed E-state index contributed by atoms with van der Waals surface area (Å²) in [5.41, 5.74) is 0.581. The number of unbranched alkanes of at least 4 members (excludes halogenated alkanes) is 1. The monoisotopic (exact) mass is 432 g/mol. The van der Waals surface area contributed by atoms with Crippen molar-refractivity contribution in [1.29, 1.82) is 0 Å². The summed E-state index contributed by atoms with van der Waals surface area (Å²) in [5.74, 6) is -0.353. The van der Waals surface area contributed by atoms with E-state index >= 15 is 0 Å². The molecule has 11 heteroatoms. The highest BCUT2D eigenvalue weighted by atomic mass is 35.5. The van der Waals surface area contributed by atoms with Crippen LogP contribution in [0.4, 0.5) is 15.2 Å². The van der Waals surface area contributed by atoms with Crippen molar-refractivity contribution in [1.82, 2.24) is 20.0 Å². The van der Waals surface area contributed by atoms with Gasteiger partial charge in [0.25, 0.3) is 0 Å². The van der Waals surface area contributed by atoms with Crippen LogP contribution in [-0.4, -0.2) is 52.8 Å². The van der Waals surface area contributed by atoms with E-state index in [1.54, 1.807) is 6.07 Å². The Morgan fingerprint density at radius 2 is 2.19 bits per heavy atom. The molecule has 0 unspecified atom stereocenters. The molecule has 0 aliphatic carbocycles. The Kier molecular flexibility index (Phi) is 7.92. The normalized spacial score (nSPS) is 19.4. The molecule has 7 nitrogen and oxygen atoms in total. The van der Waals surface area contributed by atoms with Crippen LogP contribution in [0.15, 0.2) is 23.4 Å². The lowest BCUT2D eigenvalue weighted by molar-refractivity contribution is 0.163. The predicted octanol–water partition coefficient (Wildman–Crippen LogP) is 2.56. The number of anilines is 2. The smallest absolute Gasteiger partial charge is 0.212 e. The van der Waals surface area contributed by atoms with Crippen molar-refractivity contribution in [3.8, 4) is 0 Å². The number of rotatable bonds is 10. The molecule has 3 rings (SSSR count). The zero-order chi connectivity index (χ0) is 19.1. The van der Waals surface area contributed by atoms with Gasteiger partial charge < -0.3 is 25.8 Å². The van der Waals surface area contributed by atoms with Crippen LogP contribution in [-0.2, 0) is 0 Å². The quantitative estimate of drug-likeness (QED) is 0.289. The van der Waals surface area contributed by atoms with Gasteiger partial charge in [-0.1, -0.05) is 11.6 Å². The first-order chi connectivity index (χ1) is 13.1. The van der Waals surface area contributed by atoms with E-state index in [0.29, 0.717) is 33.8 Å². The molecule has 148 valence electrons. The van der Waals surface area contributed by atoms with Gasteiger partial charge in [0.05, 0.1) is 21.7 Å². The summed E-state index contributed by atoms with van der Waals surface area (Å²) in [7, 11) is 0. The van der Waals surface area contributed by atoms with Crippen molar-refractivity contribution in [2.75, 3.05) is 36.2 Å². The minimum absolute atomic E-state index is 0.125. The van der Waals surface area contributed by atoms with Gasteiger partial charge in [-0.3, -0.25) is 0 Å². The second kappa shape index (κ2) is 10.4. The second-order valence-electron chi connectivity index (χ2n) is 6.13. The summed E-state index contributed by atoms with van der Waals surface area (Å²) in [4.78, 5) is 4.38. The van der Waals surface area contributed by atoms with Gasteiger partial charge in [0.1, 0.15) is 12.1 Å². The maximum absolute atomic E-state index is 14.3. The van der Waals surface area contributed by atoms with E-state index in [1.807, 2.05) is 0 Å². The van der Waals surface area contributed by atoms with Gasteiger partial charge in [0.15, 0.2) is 0 Å². The second-order valence-corrected chi connectivity index (χ2v) is 8.17. The van der Waals surface area contributed by atoms with Gasteiger partial charge in [-0.25, -0.2) is 9.37 Å². The van der Waals surface area contributed by atoms with Crippen molar-refractivity contribution >= 4 is 45.9 Å². The van der Waals surface area contributed by atoms with Crippen molar-refractivity contribution in [3.05, 3.63) is 29.3 Å². The molecule has 1 aromatic carbocycles. The van der Waals surface area contributed by atoms with Gasteiger partial charge >= 0.3 is 0 Å². The fourth-order valence-corrected chi connectivity index (χ4v) is 4.13. The highest BCUT2D eigenvalue weighted by Crippen LogP contribution is 2.31. The molecule has 1 saturated heterocycles. The van der Waals surface area contributed by atoms with Crippen LogP contribution in [0.5, 0.6) is 0 Å². The number of halogens is 2. The molecule has 0 bridgehead atoms. The summed E-state index contributed by atoms with van der Waals surface area (Å²) in [6.07, 6.45) is 2.99. The van der Waals surface area contributed by atoms with Crippen LogP contribution in [0.2, 0.25) is 5.02 Å². The lowest BCUT2D eigenvalue weighted by atomic mass is 10.2. The topological polar surface area (TPSA) is 94.1 Å². The van der Waals surface area contributed by atoms with Crippen molar-refractivity contribution in [2.24, 2.45) is 0 Å². The number of β-amino-alcohol motifs (C(OH)–C–C–N with tert-alkyl or cyclic N) is 1. The third-order valence-electron chi connectivity index (χ3n) is 4.14. The molecular formula is C16H22ClFN6OS2. The van der Waals surface area contributed by atoms with Crippen LogP contribution in [0.1, 0.15) is 12.8 Å². The van der Waals surface area contributed by atoms with Crippen LogP contribution < -0.4 is 20.7 Å². The van der Waals surface area contributed by atoms with E-state index in [-0.39, 0.29) is 18.0 Å². The van der Waals surface area contributed by atoms with E-state index in [0.717, 1.165) is 37.9 Å². The number of hydrogen-bond donors (Lipinski definition) is 5. The average Bonchev–Trinajstić information content (AvgIpc) is 3.31. The van der Waals surface area contributed by atoms with Crippen LogP contribution in [0.25, 0.3) is 0 Å². The first-order valence-electron chi connectivity index (χ1n) is 8.68. The molecule has 0 amide bonds. The first-order valence-corrected chi connectivity index (χ1v) is 10.6. The molecular weight excluding hydrogens is 411 g/mol. The van der Waals surface area contributed by atoms with E-state index in [9.17, 15) is 9.50 Å². The molecule has 0 saturated carbocycles. The number of nitrogens with zero attached hydrogens (tertiary/aromatic N) is 2. The lowest BCUT2D eigenvalue weighted by Crippen LogP contribution is -2.39. The van der Waals surface area contributed by atoms with Gasteiger partial charge in [-0.05, 0) is 43.5 Å². The Labute approximate surface area is 170 Å². The number of benzene rings is 1. The Balaban J connectivity index is 1.38. The molecule has 27 heavy (non-hydrogen) atoms. The highest BCUT2D eigenvalue weighted by molar-refractivity contribution is 8.00. The Bertz CT molecular complexity index is 723. The SMILES string of the molecule is O[C@H]1CNC[C@H]1NCCCCNc1cc(F)c(SNc2ncns2)cc1Cl. The van der Waals surface area contributed by atoms with E-state index < -0.39 is 0 Å². The summed E-state index contributed by atoms with van der Waals surface area (Å²) in [6.45, 7) is 2.97. The number of aliphatic hydroxyl groups is 1. The number of nitrogens with one attached hydrogen (secondary N) is 4. The fraction of sp³-hybridized carbons (Fsp3) is 0.500. The highest BCUT2D eigenvalue weighted by Gasteiger charge is 2.23. The third-order valence-corrected chi connectivity index (χ3v) is 5.99. The van der Waals surface area contributed by atoms with Crippen molar-refractivity contribution in [2.45, 2.75) is 29.9 Å². The molecule has 1 aromatic heterocycles. The molecule has 2 aromatic rings. The van der Waals surface area contributed by atoms with Crippen molar-refractivity contribution < 1.29 is 9.50 Å². The lowest BCUT2D eigenvalue weighted by Gasteiger charge is -2.15. The fourth-order valence-electron chi connectivity index (χ4n) is 2.69. The molecule has 0 radical (unpaired) electrons. The van der Waals surface area contributed by atoms with E-state index in [4.69, 9.17) is 11.6 Å². The number of hydrogen-bond acceptors (Lipinski definition) is 9. The van der Waals surface area contributed by atoms with Crippen LogP contribution in [0, 0.1) is 5.82 Å². The maximum atomic E-state index is 14.3. The summed E-state index contributed by atoms with van der Waals surface area (Å²) in [5, 5.41) is 20.4. The number of aromatic nitrogens is 2. The van der Waals surface area contributed by atoms with Crippen LogP contribution in [0.3, 0.4) is 0 Å². The zero-order valence-corrected chi connectivity index (χ0v) is 16.9. The summed E-state index contributed by atoms with van der Waals surface area (Å²) < 4.78 is 21.1. The maximum Gasteiger partial charge on any atom is 0.212 e. The molecule has 1 aliphatic heterocycles.